The van der Waals surface area contributed by atoms with Crippen molar-refractivity contribution < 1.29 is 13.9 Å². The second-order valence-electron chi connectivity index (χ2n) is 4.57. The van der Waals surface area contributed by atoms with Crippen molar-refractivity contribution in [1.82, 2.24) is 24.3 Å². The average Bonchev–Trinajstić information content (AvgIpc) is 3.05. The van der Waals surface area contributed by atoms with Gasteiger partial charge < -0.3 is 9.67 Å². The number of aromatic nitrogens is 5. The molecule has 0 spiro atoms. The summed E-state index contributed by atoms with van der Waals surface area (Å²) < 4.78 is 29.2. The van der Waals surface area contributed by atoms with Gasteiger partial charge in [0.2, 0.25) is 0 Å². The molecule has 0 aliphatic rings. The van der Waals surface area contributed by atoms with Gasteiger partial charge in [0.1, 0.15) is 12.4 Å². The summed E-state index contributed by atoms with van der Waals surface area (Å²) >= 11 is 1.24. The van der Waals surface area contributed by atoms with Gasteiger partial charge in [-0.3, -0.25) is 4.57 Å². The molecule has 0 bridgehead atoms. The standard InChI is InChI=1S/C13H13F2N5OS/c1-19-10(6-21)17-18-13(19)22-7-11-16-8-4-2-3-5-9(8)20(11)12(14)15/h2-5,12,21H,6-7H2,1H3. The molecule has 0 fully saturated rings. The Labute approximate surface area is 128 Å². The molecule has 2 aromatic heterocycles. The lowest BCUT2D eigenvalue weighted by molar-refractivity contribution is 0.0722. The quantitative estimate of drug-likeness (QED) is 0.729. The smallest absolute Gasteiger partial charge is 0.320 e. The van der Waals surface area contributed by atoms with Gasteiger partial charge in [-0.15, -0.1) is 10.2 Å². The third-order valence-electron chi connectivity index (χ3n) is 3.26. The second-order valence-corrected chi connectivity index (χ2v) is 5.51. The summed E-state index contributed by atoms with van der Waals surface area (Å²) in [7, 11) is 1.71. The number of benzene rings is 1. The number of thioether (sulfide) groups is 1. The van der Waals surface area contributed by atoms with Crippen LogP contribution in [0.15, 0.2) is 29.4 Å². The first kappa shape index (κ1) is 14.9. The number of nitrogens with zero attached hydrogens (tertiary/aromatic N) is 5. The van der Waals surface area contributed by atoms with E-state index >= 15 is 0 Å². The van der Waals surface area contributed by atoms with Crippen molar-refractivity contribution in [2.75, 3.05) is 0 Å². The van der Waals surface area contributed by atoms with Crippen molar-refractivity contribution in [3.8, 4) is 0 Å². The monoisotopic (exact) mass is 325 g/mol. The van der Waals surface area contributed by atoms with E-state index in [1.165, 1.54) is 11.8 Å². The van der Waals surface area contributed by atoms with Gasteiger partial charge in [0, 0.05) is 7.05 Å². The highest BCUT2D eigenvalue weighted by Crippen LogP contribution is 2.27. The molecule has 1 N–H and O–H groups in total. The number of halogens is 2. The highest BCUT2D eigenvalue weighted by atomic mass is 32.2. The fourth-order valence-corrected chi connectivity index (χ4v) is 3.01. The number of rotatable bonds is 5. The maximum absolute atomic E-state index is 13.3. The molecule has 6 nitrogen and oxygen atoms in total. The minimum atomic E-state index is -2.66. The summed E-state index contributed by atoms with van der Waals surface area (Å²) in [6.45, 7) is -2.88. The molecule has 116 valence electrons. The zero-order chi connectivity index (χ0) is 15.7. The maximum Gasteiger partial charge on any atom is 0.320 e. The molecule has 0 amide bonds. The summed E-state index contributed by atoms with van der Waals surface area (Å²) in [5, 5.41) is 17.4. The van der Waals surface area contributed by atoms with Crippen molar-refractivity contribution in [2.45, 2.75) is 24.1 Å². The van der Waals surface area contributed by atoms with E-state index in [1.54, 1.807) is 35.9 Å². The summed E-state index contributed by atoms with van der Waals surface area (Å²) in [6.07, 6.45) is 0. The molecule has 0 aliphatic carbocycles. The Morgan fingerprint density at radius 3 is 2.68 bits per heavy atom. The summed E-state index contributed by atoms with van der Waals surface area (Å²) in [5.74, 6) is 0.927. The number of hydrogen-bond acceptors (Lipinski definition) is 5. The Bertz CT molecular complexity index is 801. The summed E-state index contributed by atoms with van der Waals surface area (Å²) in [5.41, 5.74) is 0.939. The molecule has 0 aliphatic heterocycles. The van der Waals surface area contributed by atoms with Gasteiger partial charge in [0.05, 0.1) is 16.8 Å². The molecule has 0 saturated carbocycles. The van der Waals surface area contributed by atoms with Crippen LogP contribution in [0.25, 0.3) is 11.0 Å². The Balaban J connectivity index is 1.90. The van der Waals surface area contributed by atoms with Crippen molar-refractivity contribution >= 4 is 22.8 Å². The SMILES string of the molecule is Cn1c(CO)nnc1SCc1nc2ccccc2n1C(F)F. The third-order valence-corrected chi connectivity index (χ3v) is 4.28. The Morgan fingerprint density at radius 1 is 1.23 bits per heavy atom. The minimum Gasteiger partial charge on any atom is -0.388 e. The van der Waals surface area contributed by atoms with Crippen LogP contribution in [0.4, 0.5) is 8.78 Å². The van der Waals surface area contributed by atoms with Crippen LogP contribution in [0.5, 0.6) is 0 Å². The molecule has 0 unspecified atom stereocenters. The third kappa shape index (κ3) is 2.57. The normalized spacial score (nSPS) is 11.7. The van der Waals surface area contributed by atoms with Crippen LogP contribution in [-0.2, 0) is 19.4 Å². The molecule has 9 heteroatoms. The molecule has 3 aromatic rings. The van der Waals surface area contributed by atoms with E-state index < -0.39 is 6.55 Å². The average molecular weight is 325 g/mol. The highest BCUT2D eigenvalue weighted by Gasteiger charge is 2.18. The summed E-state index contributed by atoms with van der Waals surface area (Å²) in [4.78, 5) is 4.26. The number of alkyl halides is 2. The van der Waals surface area contributed by atoms with Crippen LogP contribution < -0.4 is 0 Å². The van der Waals surface area contributed by atoms with E-state index in [9.17, 15) is 8.78 Å². The van der Waals surface area contributed by atoms with E-state index in [1.807, 2.05) is 0 Å². The second kappa shape index (κ2) is 6.01. The van der Waals surface area contributed by atoms with E-state index in [-0.39, 0.29) is 18.2 Å². The fraction of sp³-hybridized carbons (Fsp3) is 0.308. The fourth-order valence-electron chi connectivity index (χ4n) is 2.15. The molecule has 2 heterocycles. The minimum absolute atomic E-state index is 0.223. The molecule has 3 rings (SSSR count). The molecular weight excluding hydrogens is 312 g/mol. The predicted octanol–water partition coefficient (Wildman–Crippen LogP) is 2.34. The lowest BCUT2D eigenvalue weighted by Gasteiger charge is -2.07. The van der Waals surface area contributed by atoms with E-state index in [4.69, 9.17) is 5.11 Å². The number of aliphatic hydroxyl groups excluding tert-OH is 1. The van der Waals surface area contributed by atoms with Crippen LogP contribution >= 0.6 is 11.8 Å². The van der Waals surface area contributed by atoms with Crippen LogP contribution in [-0.4, -0.2) is 29.4 Å². The van der Waals surface area contributed by atoms with Crippen LogP contribution in [0.2, 0.25) is 0 Å². The highest BCUT2D eigenvalue weighted by molar-refractivity contribution is 7.98. The largest absolute Gasteiger partial charge is 0.388 e. The van der Waals surface area contributed by atoms with E-state index in [2.05, 4.69) is 15.2 Å². The molecular formula is C13H13F2N5OS. The predicted molar refractivity (Wildman–Crippen MR) is 77.5 cm³/mol. The lowest BCUT2D eigenvalue weighted by Crippen LogP contribution is -2.04. The van der Waals surface area contributed by atoms with Crippen molar-refractivity contribution in [3.63, 3.8) is 0 Å². The Morgan fingerprint density at radius 2 is 2.00 bits per heavy atom. The van der Waals surface area contributed by atoms with Gasteiger partial charge in [0.25, 0.3) is 0 Å². The topological polar surface area (TPSA) is 68.8 Å². The Kier molecular flexibility index (Phi) is 4.08. The molecule has 0 saturated heterocycles. The lowest BCUT2D eigenvalue weighted by atomic mass is 10.3. The van der Waals surface area contributed by atoms with Gasteiger partial charge in [0.15, 0.2) is 11.0 Å². The summed E-state index contributed by atoms with van der Waals surface area (Å²) in [6, 6.07) is 6.79. The zero-order valence-corrected chi connectivity index (χ0v) is 12.5. The van der Waals surface area contributed by atoms with Gasteiger partial charge in [-0.25, -0.2) is 4.98 Å². The Hall–Kier alpha value is -2.00. The molecule has 0 atom stereocenters. The van der Waals surface area contributed by atoms with Gasteiger partial charge in [-0.1, -0.05) is 23.9 Å². The van der Waals surface area contributed by atoms with Crippen molar-refractivity contribution in [3.05, 3.63) is 35.9 Å². The maximum atomic E-state index is 13.3. The number of fused-ring (bicyclic) bond motifs is 1. The first-order chi connectivity index (χ1) is 10.6. The van der Waals surface area contributed by atoms with Gasteiger partial charge in [-0.2, -0.15) is 8.78 Å². The van der Waals surface area contributed by atoms with Crippen LogP contribution in [0.3, 0.4) is 0 Å². The number of para-hydroxylation sites is 2. The van der Waals surface area contributed by atoms with E-state index in [0.717, 1.165) is 4.57 Å². The van der Waals surface area contributed by atoms with E-state index in [0.29, 0.717) is 22.0 Å². The van der Waals surface area contributed by atoms with Gasteiger partial charge >= 0.3 is 6.55 Å². The molecule has 1 aromatic carbocycles. The van der Waals surface area contributed by atoms with Crippen molar-refractivity contribution in [1.29, 1.82) is 0 Å². The molecule has 0 radical (unpaired) electrons. The first-order valence-corrected chi connectivity index (χ1v) is 7.46. The number of imidazole rings is 1. The number of hydrogen-bond donors (Lipinski definition) is 1. The first-order valence-electron chi connectivity index (χ1n) is 6.47. The zero-order valence-electron chi connectivity index (χ0n) is 11.6. The van der Waals surface area contributed by atoms with Crippen molar-refractivity contribution in [2.24, 2.45) is 7.05 Å². The van der Waals surface area contributed by atoms with Crippen LogP contribution in [0.1, 0.15) is 18.2 Å². The van der Waals surface area contributed by atoms with Crippen LogP contribution in [0, 0.1) is 0 Å². The van der Waals surface area contributed by atoms with Gasteiger partial charge in [-0.05, 0) is 12.1 Å². The molecule has 22 heavy (non-hydrogen) atoms. The number of aliphatic hydroxyl groups is 1.